The van der Waals surface area contributed by atoms with Crippen LogP contribution in [0, 0.1) is 23.7 Å². The van der Waals surface area contributed by atoms with E-state index in [1.807, 2.05) is 0 Å². The maximum absolute atomic E-state index is 13.3. The molecule has 5 fully saturated rings. The highest BCUT2D eigenvalue weighted by atomic mass is 32.2. The van der Waals surface area contributed by atoms with Crippen LogP contribution in [-0.2, 0) is 21.0 Å². The molecule has 0 unspecified atom stereocenters. The Labute approximate surface area is 186 Å². The zero-order chi connectivity index (χ0) is 22.7. The lowest BCUT2D eigenvalue weighted by atomic mass is 9.53. The van der Waals surface area contributed by atoms with Crippen molar-refractivity contribution in [2.75, 3.05) is 13.1 Å². The van der Waals surface area contributed by atoms with E-state index >= 15 is 0 Å². The predicted octanol–water partition coefficient (Wildman–Crippen LogP) is 4.19. The van der Waals surface area contributed by atoms with Gasteiger partial charge in [-0.1, -0.05) is 12.1 Å². The molecule has 0 spiro atoms. The number of rotatable bonds is 4. The lowest BCUT2D eigenvalue weighted by Crippen LogP contribution is -2.61. The van der Waals surface area contributed by atoms with Gasteiger partial charge in [-0.3, -0.25) is 4.79 Å². The minimum atomic E-state index is -4.75. The molecule has 1 heterocycles. The molecule has 176 valence electrons. The van der Waals surface area contributed by atoms with Gasteiger partial charge in [0.05, 0.1) is 10.5 Å². The number of nitrogens with zero attached hydrogens (tertiary/aromatic N) is 1. The molecule has 6 rings (SSSR count). The molecule has 0 aromatic heterocycles. The van der Waals surface area contributed by atoms with Crippen molar-refractivity contribution in [2.45, 2.75) is 68.0 Å². The Bertz CT molecular complexity index is 965. The lowest BCUT2D eigenvalue weighted by molar-refractivity contribution is -0.140. The van der Waals surface area contributed by atoms with Crippen LogP contribution >= 0.6 is 0 Å². The van der Waals surface area contributed by atoms with Crippen molar-refractivity contribution in [1.29, 1.82) is 0 Å². The second kappa shape index (κ2) is 7.72. The number of hydrogen-bond donors (Lipinski definition) is 1. The van der Waals surface area contributed by atoms with E-state index in [0.29, 0.717) is 30.6 Å². The van der Waals surface area contributed by atoms with Gasteiger partial charge in [0.2, 0.25) is 15.9 Å². The smallest absolute Gasteiger partial charge is 0.350 e. The molecule has 1 aromatic carbocycles. The summed E-state index contributed by atoms with van der Waals surface area (Å²) in [5.74, 6) is 1.82. The molecule has 1 amide bonds. The maximum Gasteiger partial charge on any atom is 0.417 e. The Morgan fingerprint density at radius 1 is 0.969 bits per heavy atom. The topological polar surface area (TPSA) is 66.5 Å². The van der Waals surface area contributed by atoms with Crippen molar-refractivity contribution in [1.82, 2.24) is 9.62 Å². The standard InChI is InChI=1S/C23H29F3N2O3S/c24-23(25,26)19-3-1-2-4-20(19)32(30,31)28-7-5-18(6-8-28)21(29)27-22-12-15-9-16(13-22)11-17(10-15)14-22/h1-4,15-18H,5-14H2,(H,27,29). The van der Waals surface area contributed by atoms with Gasteiger partial charge in [0, 0.05) is 24.5 Å². The third-order valence-corrected chi connectivity index (χ3v) is 10.0. The van der Waals surface area contributed by atoms with Gasteiger partial charge >= 0.3 is 6.18 Å². The molecule has 4 saturated carbocycles. The number of nitrogens with one attached hydrogen (secondary N) is 1. The van der Waals surface area contributed by atoms with E-state index in [1.54, 1.807) is 0 Å². The fourth-order valence-corrected chi connectivity index (χ4v) is 8.73. The van der Waals surface area contributed by atoms with Crippen molar-refractivity contribution in [3.8, 4) is 0 Å². The molecule has 5 aliphatic rings. The summed E-state index contributed by atoms with van der Waals surface area (Å²) in [5, 5.41) is 3.35. The molecule has 0 atom stereocenters. The highest BCUT2D eigenvalue weighted by Gasteiger charge is 2.52. The Morgan fingerprint density at radius 3 is 2.03 bits per heavy atom. The van der Waals surface area contributed by atoms with Crippen LogP contribution in [0.1, 0.15) is 56.9 Å². The fourth-order valence-electron chi connectivity index (χ4n) is 7.05. The number of sulfonamides is 1. The summed E-state index contributed by atoms with van der Waals surface area (Å²) in [6.45, 7) is 0.0982. The molecular formula is C23H29F3N2O3S. The number of benzene rings is 1. The number of piperidine rings is 1. The third kappa shape index (κ3) is 3.95. The minimum absolute atomic E-state index is 0.0142. The van der Waals surface area contributed by atoms with Gasteiger partial charge in [0.1, 0.15) is 0 Å². The second-order valence-electron chi connectivity index (χ2n) is 10.4. The Hall–Kier alpha value is -1.61. The third-order valence-electron chi connectivity index (χ3n) is 8.06. The van der Waals surface area contributed by atoms with Crippen LogP contribution in [-0.4, -0.2) is 37.3 Å². The number of carbonyl (C=O) groups excluding carboxylic acids is 1. The number of hydrogen-bond acceptors (Lipinski definition) is 3. The molecule has 4 bridgehead atoms. The minimum Gasteiger partial charge on any atom is -0.350 e. The van der Waals surface area contributed by atoms with E-state index in [9.17, 15) is 26.4 Å². The second-order valence-corrected chi connectivity index (χ2v) is 12.3. The van der Waals surface area contributed by atoms with Crippen LogP contribution in [0.2, 0.25) is 0 Å². The van der Waals surface area contributed by atoms with Gasteiger partial charge < -0.3 is 5.32 Å². The average molecular weight is 471 g/mol. The van der Waals surface area contributed by atoms with Crippen molar-refractivity contribution < 1.29 is 26.4 Å². The molecular weight excluding hydrogens is 441 g/mol. The summed E-state index contributed by atoms with van der Waals surface area (Å²) in [5.41, 5.74) is -1.25. The first-order valence-electron chi connectivity index (χ1n) is 11.5. The quantitative estimate of drug-likeness (QED) is 0.718. The first-order valence-corrected chi connectivity index (χ1v) is 13.0. The van der Waals surface area contributed by atoms with Gasteiger partial charge in [-0.25, -0.2) is 8.42 Å². The van der Waals surface area contributed by atoms with E-state index in [0.717, 1.165) is 35.7 Å². The van der Waals surface area contributed by atoms with Crippen LogP contribution in [0.4, 0.5) is 13.2 Å². The molecule has 4 aliphatic carbocycles. The van der Waals surface area contributed by atoms with E-state index in [4.69, 9.17) is 0 Å². The summed E-state index contributed by atoms with van der Waals surface area (Å²) in [7, 11) is -4.29. The number of amides is 1. The first-order chi connectivity index (χ1) is 15.1. The highest BCUT2D eigenvalue weighted by molar-refractivity contribution is 7.89. The maximum atomic E-state index is 13.3. The van der Waals surface area contributed by atoms with Gasteiger partial charge in [-0.15, -0.1) is 0 Å². The number of halogens is 3. The molecule has 5 nitrogen and oxygen atoms in total. The zero-order valence-corrected chi connectivity index (χ0v) is 18.7. The van der Waals surface area contributed by atoms with Crippen LogP contribution in [0.3, 0.4) is 0 Å². The van der Waals surface area contributed by atoms with Crippen LogP contribution < -0.4 is 5.32 Å². The van der Waals surface area contributed by atoms with Crippen molar-refractivity contribution in [2.24, 2.45) is 23.7 Å². The van der Waals surface area contributed by atoms with Crippen LogP contribution in [0.15, 0.2) is 29.2 Å². The van der Waals surface area contributed by atoms with Crippen molar-refractivity contribution in [3.05, 3.63) is 29.8 Å². The van der Waals surface area contributed by atoms with Gasteiger partial charge in [0.15, 0.2) is 0 Å². The Balaban J connectivity index is 1.24. The normalized spacial score (nSPS) is 33.4. The van der Waals surface area contributed by atoms with Gasteiger partial charge in [-0.05, 0) is 81.3 Å². The van der Waals surface area contributed by atoms with Crippen molar-refractivity contribution in [3.63, 3.8) is 0 Å². The van der Waals surface area contributed by atoms with E-state index < -0.39 is 26.7 Å². The Morgan fingerprint density at radius 2 is 1.50 bits per heavy atom. The molecule has 1 aromatic rings. The predicted molar refractivity (Wildman–Crippen MR) is 112 cm³/mol. The largest absolute Gasteiger partial charge is 0.417 e. The van der Waals surface area contributed by atoms with E-state index in [2.05, 4.69) is 5.32 Å². The monoisotopic (exact) mass is 470 g/mol. The van der Waals surface area contributed by atoms with E-state index in [1.165, 1.54) is 31.4 Å². The highest BCUT2D eigenvalue weighted by Crippen LogP contribution is 2.55. The van der Waals surface area contributed by atoms with Gasteiger partial charge in [-0.2, -0.15) is 17.5 Å². The van der Waals surface area contributed by atoms with Crippen LogP contribution in [0.5, 0.6) is 0 Å². The summed E-state index contributed by atoms with van der Waals surface area (Å²) in [4.78, 5) is 12.3. The number of carbonyl (C=O) groups is 1. The molecule has 1 aliphatic heterocycles. The van der Waals surface area contributed by atoms with E-state index in [-0.39, 0.29) is 30.5 Å². The molecule has 0 radical (unpaired) electrons. The van der Waals surface area contributed by atoms with Crippen molar-refractivity contribution >= 4 is 15.9 Å². The summed E-state index contributed by atoms with van der Waals surface area (Å²) in [6, 6.07) is 4.28. The fraction of sp³-hybridized carbons (Fsp3) is 0.696. The van der Waals surface area contributed by atoms with Gasteiger partial charge in [0.25, 0.3) is 0 Å². The molecule has 1 N–H and O–H groups in total. The van der Waals surface area contributed by atoms with Crippen LogP contribution in [0.25, 0.3) is 0 Å². The first kappa shape index (κ1) is 22.2. The Kier molecular flexibility index (Phi) is 5.36. The summed E-state index contributed by atoms with van der Waals surface area (Å²) < 4.78 is 67.0. The summed E-state index contributed by atoms with van der Waals surface area (Å²) >= 11 is 0. The zero-order valence-electron chi connectivity index (χ0n) is 17.9. The molecule has 1 saturated heterocycles. The number of alkyl halides is 3. The SMILES string of the molecule is O=C(NC12CC3CC(CC(C3)C1)C2)C1CCN(S(=O)(=O)c2ccccc2C(F)(F)F)CC1. The molecule has 9 heteroatoms. The summed E-state index contributed by atoms with van der Waals surface area (Å²) in [6.07, 6.45) is 2.89. The average Bonchev–Trinajstić information content (AvgIpc) is 2.72. The lowest BCUT2D eigenvalue weighted by Gasteiger charge is -2.57. The molecule has 32 heavy (non-hydrogen) atoms.